The van der Waals surface area contributed by atoms with E-state index >= 15 is 0 Å². The molecule has 0 unspecified atom stereocenters. The van der Waals surface area contributed by atoms with Gasteiger partial charge < -0.3 is 15.1 Å². The van der Waals surface area contributed by atoms with Gasteiger partial charge in [-0.05, 0) is 24.6 Å². The molecular formula is C12H17ClN4. The van der Waals surface area contributed by atoms with Crippen LogP contribution in [0.2, 0.25) is 5.02 Å². The number of nitrogens with zero attached hydrogens (tertiary/aromatic N) is 3. The van der Waals surface area contributed by atoms with Gasteiger partial charge in [-0.25, -0.2) is 0 Å². The summed E-state index contributed by atoms with van der Waals surface area (Å²) in [6.07, 6.45) is 0. The second-order valence-corrected chi connectivity index (χ2v) is 4.62. The molecular weight excluding hydrogens is 236 g/mol. The predicted octanol–water partition coefficient (Wildman–Crippen LogP) is 1.89. The van der Waals surface area contributed by atoms with Crippen LogP contribution in [0.15, 0.2) is 23.2 Å². The molecule has 1 aromatic carbocycles. The molecule has 0 amide bonds. The second-order valence-electron chi connectivity index (χ2n) is 4.22. The lowest BCUT2D eigenvalue weighted by atomic mass is 10.2. The van der Waals surface area contributed by atoms with Crippen LogP contribution in [-0.4, -0.2) is 38.3 Å². The van der Waals surface area contributed by atoms with Crippen LogP contribution < -0.4 is 10.2 Å². The Bertz CT molecular complexity index is 444. The monoisotopic (exact) mass is 252 g/mol. The molecule has 1 N–H and O–H groups in total. The van der Waals surface area contributed by atoms with Crippen molar-refractivity contribution in [3.8, 4) is 0 Å². The first-order valence-corrected chi connectivity index (χ1v) is 5.92. The van der Waals surface area contributed by atoms with Gasteiger partial charge in [0.15, 0.2) is 5.96 Å². The van der Waals surface area contributed by atoms with Crippen molar-refractivity contribution in [2.75, 3.05) is 32.3 Å². The van der Waals surface area contributed by atoms with Gasteiger partial charge in [0.2, 0.25) is 0 Å². The third-order valence-corrected chi connectivity index (χ3v) is 3.13. The molecule has 0 radical (unpaired) electrons. The molecule has 2 rings (SSSR count). The fourth-order valence-corrected chi connectivity index (χ4v) is 2.31. The number of halogens is 1. The summed E-state index contributed by atoms with van der Waals surface area (Å²) in [5.74, 6) is 0.907. The van der Waals surface area contributed by atoms with E-state index in [1.807, 2.05) is 20.0 Å². The van der Waals surface area contributed by atoms with Crippen LogP contribution in [0, 0.1) is 6.92 Å². The Morgan fingerprint density at radius 1 is 1.41 bits per heavy atom. The van der Waals surface area contributed by atoms with Crippen molar-refractivity contribution in [3.05, 3.63) is 28.8 Å². The Labute approximate surface area is 107 Å². The third kappa shape index (κ3) is 2.47. The summed E-state index contributed by atoms with van der Waals surface area (Å²) in [5.41, 5.74) is 2.22. The number of guanidine groups is 1. The molecule has 5 heteroatoms. The number of rotatable bonds is 1. The molecule has 1 aliphatic heterocycles. The topological polar surface area (TPSA) is 30.9 Å². The molecule has 0 aromatic heterocycles. The molecule has 0 spiro atoms. The van der Waals surface area contributed by atoms with Crippen molar-refractivity contribution in [2.45, 2.75) is 6.92 Å². The summed E-state index contributed by atoms with van der Waals surface area (Å²) in [6.45, 7) is 3.54. The Morgan fingerprint density at radius 3 is 2.76 bits per heavy atom. The van der Waals surface area contributed by atoms with Crippen molar-refractivity contribution < 1.29 is 0 Å². The first kappa shape index (κ1) is 12.0. The number of aliphatic imine (C=N–C) groups is 1. The van der Waals surface area contributed by atoms with Crippen molar-refractivity contribution >= 4 is 23.2 Å². The smallest absolute Gasteiger partial charge is 0.196 e. The molecule has 1 aliphatic rings. The van der Waals surface area contributed by atoms with Gasteiger partial charge in [0.05, 0.1) is 24.0 Å². The standard InChI is InChI=1S/C12H17ClN4/c1-9-4-5-11(10(13)6-9)17-7-15-12(14-2)16(3)8-17/h4-6H,7-8H2,1-3H3,(H,14,15). The molecule has 0 saturated carbocycles. The van der Waals surface area contributed by atoms with Crippen molar-refractivity contribution in [1.82, 2.24) is 10.2 Å². The highest BCUT2D eigenvalue weighted by atomic mass is 35.5. The first-order chi connectivity index (χ1) is 8.11. The maximum absolute atomic E-state index is 6.26. The van der Waals surface area contributed by atoms with E-state index < -0.39 is 0 Å². The lowest BCUT2D eigenvalue weighted by Gasteiger charge is -2.37. The molecule has 1 aromatic rings. The second kappa shape index (κ2) is 4.84. The number of nitrogens with one attached hydrogen (secondary N) is 1. The van der Waals surface area contributed by atoms with E-state index in [2.05, 4.69) is 32.2 Å². The summed E-state index contributed by atoms with van der Waals surface area (Å²) in [5, 5.41) is 4.04. The number of hydrogen-bond acceptors (Lipinski definition) is 2. The van der Waals surface area contributed by atoms with E-state index in [-0.39, 0.29) is 0 Å². The number of hydrogen-bond donors (Lipinski definition) is 1. The van der Waals surface area contributed by atoms with Gasteiger partial charge in [0, 0.05) is 14.1 Å². The maximum atomic E-state index is 6.26. The molecule has 1 saturated heterocycles. The largest absolute Gasteiger partial charge is 0.339 e. The van der Waals surface area contributed by atoms with Gasteiger partial charge in [0.1, 0.15) is 0 Å². The normalized spacial score (nSPS) is 18.5. The van der Waals surface area contributed by atoms with Gasteiger partial charge in [-0.3, -0.25) is 4.99 Å². The minimum Gasteiger partial charge on any atom is -0.339 e. The van der Waals surface area contributed by atoms with E-state index in [1.165, 1.54) is 5.56 Å². The zero-order valence-electron chi connectivity index (χ0n) is 10.4. The zero-order valence-corrected chi connectivity index (χ0v) is 11.1. The maximum Gasteiger partial charge on any atom is 0.196 e. The quantitative estimate of drug-likeness (QED) is 0.828. The summed E-state index contributed by atoms with van der Waals surface area (Å²) < 4.78 is 0. The number of aryl methyl sites for hydroxylation is 1. The van der Waals surface area contributed by atoms with Crippen molar-refractivity contribution in [1.29, 1.82) is 0 Å². The van der Waals surface area contributed by atoms with Gasteiger partial charge in [-0.15, -0.1) is 0 Å². The molecule has 0 atom stereocenters. The highest BCUT2D eigenvalue weighted by Crippen LogP contribution is 2.27. The molecule has 0 aliphatic carbocycles. The zero-order chi connectivity index (χ0) is 12.4. The SMILES string of the molecule is CN=C1NCN(c2ccc(C)cc2Cl)CN1C. The van der Waals surface area contributed by atoms with Crippen LogP contribution in [-0.2, 0) is 0 Å². The Balaban J connectivity index is 2.19. The van der Waals surface area contributed by atoms with E-state index in [0.29, 0.717) is 0 Å². The van der Waals surface area contributed by atoms with Gasteiger partial charge in [-0.2, -0.15) is 0 Å². The van der Waals surface area contributed by atoms with Crippen LogP contribution in [0.25, 0.3) is 0 Å². The highest BCUT2D eigenvalue weighted by molar-refractivity contribution is 6.33. The lowest BCUT2D eigenvalue weighted by molar-refractivity contribution is 0.430. The number of benzene rings is 1. The van der Waals surface area contributed by atoms with Crippen molar-refractivity contribution in [2.24, 2.45) is 4.99 Å². The molecule has 4 nitrogen and oxygen atoms in total. The van der Waals surface area contributed by atoms with Crippen molar-refractivity contribution in [3.63, 3.8) is 0 Å². The van der Waals surface area contributed by atoms with Crippen LogP contribution in [0.5, 0.6) is 0 Å². The summed E-state index contributed by atoms with van der Waals surface area (Å²) in [7, 11) is 3.79. The fourth-order valence-electron chi connectivity index (χ4n) is 1.95. The average Bonchev–Trinajstić information content (AvgIpc) is 2.29. The predicted molar refractivity (Wildman–Crippen MR) is 72.7 cm³/mol. The summed E-state index contributed by atoms with van der Waals surface area (Å²) >= 11 is 6.26. The van der Waals surface area contributed by atoms with Gasteiger partial charge in [0.25, 0.3) is 0 Å². The highest BCUT2D eigenvalue weighted by Gasteiger charge is 2.19. The lowest BCUT2D eigenvalue weighted by Crippen LogP contribution is -2.55. The Hall–Kier alpha value is -1.42. The van der Waals surface area contributed by atoms with Gasteiger partial charge >= 0.3 is 0 Å². The Morgan fingerprint density at radius 2 is 2.18 bits per heavy atom. The summed E-state index contributed by atoms with van der Waals surface area (Å²) in [4.78, 5) is 8.40. The minimum absolute atomic E-state index is 0.722. The van der Waals surface area contributed by atoms with E-state index in [4.69, 9.17) is 11.6 Å². The Kier molecular flexibility index (Phi) is 3.43. The molecule has 17 heavy (non-hydrogen) atoms. The fraction of sp³-hybridized carbons (Fsp3) is 0.417. The van der Waals surface area contributed by atoms with Crippen LogP contribution >= 0.6 is 11.6 Å². The molecule has 0 bridgehead atoms. The van der Waals surface area contributed by atoms with E-state index in [0.717, 1.165) is 30.0 Å². The van der Waals surface area contributed by atoms with Crippen LogP contribution in [0.1, 0.15) is 5.56 Å². The number of anilines is 1. The minimum atomic E-state index is 0.722. The summed E-state index contributed by atoms with van der Waals surface area (Å²) in [6, 6.07) is 6.12. The van der Waals surface area contributed by atoms with Crippen LogP contribution in [0.4, 0.5) is 5.69 Å². The average molecular weight is 253 g/mol. The molecule has 1 heterocycles. The van der Waals surface area contributed by atoms with E-state index in [9.17, 15) is 0 Å². The third-order valence-electron chi connectivity index (χ3n) is 2.83. The van der Waals surface area contributed by atoms with Gasteiger partial charge in [-0.1, -0.05) is 17.7 Å². The molecule has 1 fully saturated rings. The van der Waals surface area contributed by atoms with E-state index in [1.54, 1.807) is 7.05 Å². The first-order valence-electron chi connectivity index (χ1n) is 5.54. The van der Waals surface area contributed by atoms with Crippen LogP contribution in [0.3, 0.4) is 0 Å². The molecule has 92 valence electrons.